The molecule has 1 aliphatic rings. The topological polar surface area (TPSA) is 43.0 Å². The lowest BCUT2D eigenvalue weighted by Gasteiger charge is -2.41. The van der Waals surface area contributed by atoms with E-state index in [-0.39, 0.29) is 6.10 Å². The molecule has 108 valence electrons. The number of nitrogens with zero attached hydrogens (tertiary/aromatic N) is 1. The fraction of sp³-hybridized carbons (Fsp3) is 1.00. The Kier molecular flexibility index (Phi) is 7.11. The summed E-state index contributed by atoms with van der Waals surface area (Å²) in [5.74, 6) is -0.589. The van der Waals surface area contributed by atoms with Gasteiger partial charge in [0.15, 0.2) is 5.79 Å². The molecule has 0 amide bonds. The molecular formula is C13H28N2O3. The Morgan fingerprint density at radius 3 is 2.44 bits per heavy atom. The summed E-state index contributed by atoms with van der Waals surface area (Å²) in [5, 5.41) is 3.33. The molecule has 1 fully saturated rings. The highest BCUT2D eigenvalue weighted by Crippen LogP contribution is 2.25. The van der Waals surface area contributed by atoms with Crippen molar-refractivity contribution in [1.29, 1.82) is 0 Å². The predicted molar refractivity (Wildman–Crippen MR) is 71.8 cm³/mol. The van der Waals surface area contributed by atoms with Crippen molar-refractivity contribution >= 4 is 0 Å². The van der Waals surface area contributed by atoms with Crippen LogP contribution in [0.25, 0.3) is 0 Å². The highest BCUT2D eigenvalue weighted by atomic mass is 16.7. The van der Waals surface area contributed by atoms with E-state index in [2.05, 4.69) is 24.1 Å². The van der Waals surface area contributed by atoms with Crippen LogP contribution in [0.15, 0.2) is 0 Å². The van der Waals surface area contributed by atoms with E-state index in [1.54, 1.807) is 14.2 Å². The maximum atomic E-state index is 5.96. The average molecular weight is 260 g/mol. The summed E-state index contributed by atoms with van der Waals surface area (Å²) in [6.07, 6.45) is 0.771. The molecule has 0 saturated carbocycles. The van der Waals surface area contributed by atoms with Gasteiger partial charge in [-0.05, 0) is 13.1 Å². The van der Waals surface area contributed by atoms with E-state index in [1.165, 1.54) is 0 Å². The van der Waals surface area contributed by atoms with Gasteiger partial charge in [0.2, 0.25) is 0 Å². The van der Waals surface area contributed by atoms with Gasteiger partial charge in [-0.3, -0.25) is 0 Å². The maximum absolute atomic E-state index is 5.96. The van der Waals surface area contributed by atoms with Gasteiger partial charge in [-0.1, -0.05) is 13.8 Å². The largest absolute Gasteiger partial charge is 0.370 e. The van der Waals surface area contributed by atoms with E-state index in [0.717, 1.165) is 39.1 Å². The SMILES string of the molecule is CCN(CC)CCOC1CNCCC1(OC)OC. The van der Waals surface area contributed by atoms with Crippen molar-refractivity contribution in [3.05, 3.63) is 0 Å². The minimum Gasteiger partial charge on any atom is -0.370 e. The Hall–Kier alpha value is -0.200. The lowest BCUT2D eigenvalue weighted by molar-refractivity contribution is -0.278. The summed E-state index contributed by atoms with van der Waals surface area (Å²) < 4.78 is 17.1. The van der Waals surface area contributed by atoms with Gasteiger partial charge in [0.05, 0.1) is 6.61 Å². The molecule has 1 heterocycles. The molecule has 0 aliphatic carbocycles. The Morgan fingerprint density at radius 1 is 1.22 bits per heavy atom. The summed E-state index contributed by atoms with van der Waals surface area (Å²) in [7, 11) is 3.38. The van der Waals surface area contributed by atoms with E-state index in [0.29, 0.717) is 6.61 Å². The molecule has 1 saturated heterocycles. The number of hydrogen-bond donors (Lipinski definition) is 1. The van der Waals surface area contributed by atoms with E-state index in [9.17, 15) is 0 Å². The lowest BCUT2D eigenvalue weighted by Crippen LogP contribution is -2.57. The van der Waals surface area contributed by atoms with Crippen LogP contribution in [0, 0.1) is 0 Å². The highest BCUT2D eigenvalue weighted by Gasteiger charge is 2.42. The molecule has 1 N–H and O–H groups in total. The van der Waals surface area contributed by atoms with E-state index in [4.69, 9.17) is 14.2 Å². The van der Waals surface area contributed by atoms with Crippen LogP contribution in [-0.4, -0.2) is 70.3 Å². The first-order chi connectivity index (χ1) is 8.72. The quantitative estimate of drug-likeness (QED) is 0.651. The third-order valence-corrected chi connectivity index (χ3v) is 3.78. The zero-order valence-electron chi connectivity index (χ0n) is 12.2. The second kappa shape index (κ2) is 8.07. The van der Waals surface area contributed by atoms with Crippen molar-refractivity contribution in [3.63, 3.8) is 0 Å². The third kappa shape index (κ3) is 3.90. The average Bonchev–Trinajstić information content (AvgIpc) is 2.44. The van der Waals surface area contributed by atoms with E-state index < -0.39 is 5.79 Å². The number of hydrogen-bond acceptors (Lipinski definition) is 5. The van der Waals surface area contributed by atoms with Gasteiger partial charge in [-0.15, -0.1) is 0 Å². The molecule has 1 rings (SSSR count). The standard InChI is InChI=1S/C13H28N2O3/c1-5-15(6-2)9-10-18-12-11-14-8-7-13(12,16-3)17-4/h12,14H,5-11H2,1-4H3. The van der Waals surface area contributed by atoms with Gasteiger partial charge in [0, 0.05) is 40.3 Å². The first-order valence-electron chi connectivity index (χ1n) is 6.87. The van der Waals surface area contributed by atoms with Gasteiger partial charge in [-0.2, -0.15) is 0 Å². The lowest BCUT2D eigenvalue weighted by atomic mass is 10.0. The smallest absolute Gasteiger partial charge is 0.196 e. The molecule has 0 aromatic carbocycles. The van der Waals surface area contributed by atoms with Crippen molar-refractivity contribution in [2.24, 2.45) is 0 Å². The molecule has 1 atom stereocenters. The Balaban J connectivity index is 2.42. The van der Waals surface area contributed by atoms with Crippen LogP contribution >= 0.6 is 0 Å². The summed E-state index contributed by atoms with van der Waals surface area (Å²) >= 11 is 0. The van der Waals surface area contributed by atoms with Gasteiger partial charge < -0.3 is 24.4 Å². The zero-order chi connectivity index (χ0) is 13.4. The number of rotatable bonds is 8. The van der Waals surface area contributed by atoms with Crippen molar-refractivity contribution in [2.45, 2.75) is 32.2 Å². The number of methoxy groups -OCH3 is 2. The molecule has 0 bridgehead atoms. The maximum Gasteiger partial charge on any atom is 0.196 e. The summed E-state index contributed by atoms with van der Waals surface area (Å²) in [6, 6.07) is 0. The predicted octanol–water partition coefficient (Wildman–Crippen LogP) is 0.696. The van der Waals surface area contributed by atoms with Crippen LogP contribution < -0.4 is 5.32 Å². The Bertz CT molecular complexity index is 218. The minimum absolute atomic E-state index is 0.0446. The van der Waals surface area contributed by atoms with E-state index >= 15 is 0 Å². The fourth-order valence-electron chi connectivity index (χ4n) is 2.41. The minimum atomic E-state index is -0.589. The molecule has 18 heavy (non-hydrogen) atoms. The van der Waals surface area contributed by atoms with Crippen LogP contribution in [0.4, 0.5) is 0 Å². The van der Waals surface area contributed by atoms with Crippen LogP contribution in [0.3, 0.4) is 0 Å². The number of piperidine rings is 1. The van der Waals surface area contributed by atoms with Crippen LogP contribution in [0.2, 0.25) is 0 Å². The normalized spacial score (nSPS) is 23.5. The highest BCUT2D eigenvalue weighted by molar-refractivity contribution is 4.87. The van der Waals surface area contributed by atoms with Gasteiger partial charge in [0.25, 0.3) is 0 Å². The van der Waals surface area contributed by atoms with Crippen molar-refractivity contribution < 1.29 is 14.2 Å². The number of ether oxygens (including phenoxy) is 3. The zero-order valence-corrected chi connectivity index (χ0v) is 12.2. The number of likely N-dealkylation sites (N-methyl/N-ethyl adjacent to an activating group) is 1. The van der Waals surface area contributed by atoms with Crippen molar-refractivity contribution in [3.8, 4) is 0 Å². The molecule has 1 unspecified atom stereocenters. The summed E-state index contributed by atoms with van der Waals surface area (Å²) in [5.41, 5.74) is 0. The molecule has 0 aromatic heterocycles. The van der Waals surface area contributed by atoms with Crippen LogP contribution in [0.1, 0.15) is 20.3 Å². The van der Waals surface area contributed by atoms with Crippen LogP contribution in [-0.2, 0) is 14.2 Å². The second-order valence-electron chi connectivity index (χ2n) is 4.56. The molecule has 1 aliphatic heterocycles. The van der Waals surface area contributed by atoms with Crippen LogP contribution in [0.5, 0.6) is 0 Å². The Labute approximate surface area is 111 Å². The van der Waals surface area contributed by atoms with Gasteiger partial charge in [0.1, 0.15) is 6.10 Å². The molecule has 0 spiro atoms. The van der Waals surface area contributed by atoms with Crippen molar-refractivity contribution in [2.75, 3.05) is 53.6 Å². The first-order valence-corrected chi connectivity index (χ1v) is 6.87. The molecule has 5 heteroatoms. The number of nitrogens with one attached hydrogen (secondary N) is 1. The second-order valence-corrected chi connectivity index (χ2v) is 4.56. The summed E-state index contributed by atoms with van der Waals surface area (Å²) in [6.45, 7) is 9.79. The third-order valence-electron chi connectivity index (χ3n) is 3.78. The molecular weight excluding hydrogens is 232 g/mol. The first kappa shape index (κ1) is 15.9. The monoisotopic (exact) mass is 260 g/mol. The van der Waals surface area contributed by atoms with Crippen molar-refractivity contribution in [1.82, 2.24) is 10.2 Å². The molecule has 0 aromatic rings. The van der Waals surface area contributed by atoms with E-state index in [1.807, 2.05) is 0 Å². The fourth-order valence-corrected chi connectivity index (χ4v) is 2.41. The molecule has 5 nitrogen and oxygen atoms in total. The molecule has 0 radical (unpaired) electrons. The van der Waals surface area contributed by atoms with Gasteiger partial charge >= 0.3 is 0 Å². The van der Waals surface area contributed by atoms with Gasteiger partial charge in [-0.25, -0.2) is 0 Å². The Morgan fingerprint density at radius 2 is 1.89 bits per heavy atom. The summed E-state index contributed by atoms with van der Waals surface area (Å²) in [4.78, 5) is 2.34.